The molecule has 0 aromatic heterocycles. The van der Waals surface area contributed by atoms with Gasteiger partial charge in [-0.05, 0) is 24.1 Å². The van der Waals surface area contributed by atoms with E-state index in [0.29, 0.717) is 25.2 Å². The highest BCUT2D eigenvalue weighted by atomic mass is 16.6. The monoisotopic (exact) mass is 290 g/mol. The Hall–Kier alpha value is -2.25. The topological polar surface area (TPSA) is 102 Å². The van der Waals surface area contributed by atoms with E-state index in [0.717, 1.165) is 11.6 Å². The summed E-state index contributed by atoms with van der Waals surface area (Å²) in [6, 6.07) is 4.23. The number of hydrogen-bond donors (Lipinski definition) is 2. The summed E-state index contributed by atoms with van der Waals surface area (Å²) < 4.78 is 5.43. The van der Waals surface area contributed by atoms with Crippen molar-refractivity contribution in [2.75, 3.05) is 13.2 Å². The van der Waals surface area contributed by atoms with E-state index >= 15 is 0 Å². The van der Waals surface area contributed by atoms with Crippen LogP contribution in [0, 0.1) is 10.1 Å². The highest BCUT2D eigenvalue weighted by Crippen LogP contribution is 2.33. The van der Waals surface area contributed by atoms with Gasteiger partial charge in [-0.2, -0.15) is 0 Å². The number of morpholine rings is 1. The largest absolute Gasteiger partial charge is 0.478 e. The lowest BCUT2D eigenvalue weighted by Gasteiger charge is -2.34. The maximum atomic E-state index is 11.2. The zero-order chi connectivity index (χ0) is 15.0. The number of benzene rings is 1. The van der Waals surface area contributed by atoms with Crippen LogP contribution in [0.5, 0.6) is 0 Å². The minimum absolute atomic E-state index is 0.0475. The van der Waals surface area contributed by atoms with Crippen molar-refractivity contribution in [1.82, 2.24) is 5.32 Å². The minimum Gasteiger partial charge on any atom is -0.478 e. The van der Waals surface area contributed by atoms with E-state index in [2.05, 4.69) is 5.32 Å². The molecule has 1 aromatic carbocycles. The second-order valence-electron chi connectivity index (χ2n) is 5.20. The van der Waals surface area contributed by atoms with E-state index in [4.69, 9.17) is 9.84 Å². The first-order valence-electron chi connectivity index (χ1n) is 6.61. The van der Waals surface area contributed by atoms with Crippen molar-refractivity contribution in [3.05, 3.63) is 45.5 Å². The Balaban J connectivity index is 2.03. The molecule has 2 aliphatic heterocycles. The summed E-state index contributed by atoms with van der Waals surface area (Å²) >= 11 is 0. The molecule has 2 aliphatic rings. The van der Waals surface area contributed by atoms with E-state index < -0.39 is 10.9 Å². The third kappa shape index (κ3) is 2.65. The van der Waals surface area contributed by atoms with Gasteiger partial charge in [0, 0.05) is 18.2 Å². The van der Waals surface area contributed by atoms with Crippen LogP contribution in [-0.4, -0.2) is 41.3 Å². The molecule has 7 nitrogen and oxygen atoms in total. The Morgan fingerprint density at radius 3 is 2.90 bits per heavy atom. The Kier molecular flexibility index (Phi) is 3.44. The molecule has 3 rings (SSSR count). The van der Waals surface area contributed by atoms with Gasteiger partial charge in [0.15, 0.2) is 0 Å². The molecule has 7 heteroatoms. The van der Waals surface area contributed by atoms with Crippen molar-refractivity contribution in [3.8, 4) is 0 Å². The molecule has 0 saturated carbocycles. The van der Waals surface area contributed by atoms with Crippen molar-refractivity contribution in [2.45, 2.75) is 18.5 Å². The van der Waals surface area contributed by atoms with Crippen LogP contribution in [0.1, 0.15) is 22.3 Å². The number of rotatable bonds is 3. The van der Waals surface area contributed by atoms with Crippen LogP contribution in [-0.2, 0) is 4.74 Å². The van der Waals surface area contributed by atoms with Gasteiger partial charge in [-0.25, -0.2) is 4.79 Å². The number of aromatic carboxylic acids is 1. The molecular formula is C14H14N2O5. The molecule has 0 amide bonds. The molecule has 0 radical (unpaired) electrons. The number of carbonyl (C=O) groups is 1. The molecule has 0 aliphatic carbocycles. The fraction of sp³-hybridized carbons (Fsp3) is 0.357. The molecule has 110 valence electrons. The van der Waals surface area contributed by atoms with Crippen molar-refractivity contribution in [1.29, 1.82) is 0 Å². The normalized spacial score (nSPS) is 24.3. The van der Waals surface area contributed by atoms with Gasteiger partial charge < -0.3 is 15.2 Å². The lowest BCUT2D eigenvalue weighted by Crippen LogP contribution is -2.50. The first-order valence-corrected chi connectivity index (χ1v) is 6.61. The molecule has 2 N–H and O–H groups in total. The second kappa shape index (κ2) is 5.27. The predicted molar refractivity (Wildman–Crippen MR) is 74.2 cm³/mol. The fourth-order valence-electron chi connectivity index (χ4n) is 2.81. The van der Waals surface area contributed by atoms with Crippen LogP contribution >= 0.6 is 0 Å². The summed E-state index contributed by atoms with van der Waals surface area (Å²) in [6.45, 7) is 1.12. The molecule has 2 heterocycles. The average Bonchev–Trinajstić information content (AvgIpc) is 2.46. The number of carboxylic acids is 1. The van der Waals surface area contributed by atoms with Crippen LogP contribution < -0.4 is 5.32 Å². The highest BCUT2D eigenvalue weighted by molar-refractivity contribution is 5.90. The van der Waals surface area contributed by atoms with Gasteiger partial charge in [0.25, 0.3) is 5.69 Å². The molecule has 1 fully saturated rings. The van der Waals surface area contributed by atoms with Crippen LogP contribution in [0.25, 0.3) is 5.57 Å². The molecule has 21 heavy (non-hydrogen) atoms. The first kappa shape index (κ1) is 13.7. The number of fused-ring (bicyclic) bond motifs is 2. The lowest BCUT2D eigenvalue weighted by molar-refractivity contribution is -0.385. The number of ether oxygens (including phenoxy) is 1. The van der Waals surface area contributed by atoms with Gasteiger partial charge in [0.1, 0.15) is 0 Å². The number of nitro groups is 1. The van der Waals surface area contributed by atoms with Gasteiger partial charge in [0.05, 0.1) is 29.3 Å². The summed E-state index contributed by atoms with van der Waals surface area (Å²) in [7, 11) is 0. The fourth-order valence-corrected chi connectivity index (χ4v) is 2.81. The Bertz CT molecular complexity index is 640. The van der Waals surface area contributed by atoms with Crippen LogP contribution in [0.15, 0.2) is 24.3 Å². The summed E-state index contributed by atoms with van der Waals surface area (Å²) in [6.07, 6.45) is 2.56. The zero-order valence-electron chi connectivity index (χ0n) is 11.1. The molecule has 2 bridgehead atoms. The van der Waals surface area contributed by atoms with E-state index in [1.165, 1.54) is 12.1 Å². The van der Waals surface area contributed by atoms with Gasteiger partial charge in [0.2, 0.25) is 0 Å². The highest BCUT2D eigenvalue weighted by Gasteiger charge is 2.29. The van der Waals surface area contributed by atoms with Gasteiger partial charge >= 0.3 is 5.97 Å². The maximum absolute atomic E-state index is 11.2. The minimum atomic E-state index is -1.17. The van der Waals surface area contributed by atoms with Crippen molar-refractivity contribution < 1.29 is 19.6 Å². The smallest absolute Gasteiger partial charge is 0.335 e. The number of nitrogens with zero attached hydrogens (tertiary/aromatic N) is 1. The lowest BCUT2D eigenvalue weighted by atomic mass is 9.90. The molecule has 1 aromatic rings. The molecule has 0 spiro atoms. The number of hydrogen-bond acceptors (Lipinski definition) is 5. The molecule has 2 atom stereocenters. The van der Waals surface area contributed by atoms with E-state index in [1.807, 2.05) is 6.08 Å². The Labute approximate surface area is 120 Å². The van der Waals surface area contributed by atoms with Crippen LogP contribution in [0.2, 0.25) is 0 Å². The van der Waals surface area contributed by atoms with Gasteiger partial charge in [-0.1, -0.05) is 6.08 Å². The maximum Gasteiger partial charge on any atom is 0.335 e. The van der Waals surface area contributed by atoms with E-state index in [9.17, 15) is 14.9 Å². The average molecular weight is 290 g/mol. The SMILES string of the molecule is O=C(O)c1ccc(C2=CC3COCC(C2)N3)c([N+](=O)[O-])c1. The zero-order valence-corrected chi connectivity index (χ0v) is 11.1. The van der Waals surface area contributed by atoms with E-state index in [1.54, 1.807) is 0 Å². The van der Waals surface area contributed by atoms with Crippen molar-refractivity contribution in [2.24, 2.45) is 0 Å². The van der Waals surface area contributed by atoms with Crippen molar-refractivity contribution >= 4 is 17.2 Å². The third-order valence-corrected chi connectivity index (χ3v) is 3.72. The van der Waals surface area contributed by atoms with E-state index in [-0.39, 0.29) is 23.3 Å². The van der Waals surface area contributed by atoms with Crippen molar-refractivity contribution in [3.63, 3.8) is 0 Å². The van der Waals surface area contributed by atoms with Gasteiger partial charge in [-0.15, -0.1) is 0 Å². The Morgan fingerprint density at radius 2 is 2.24 bits per heavy atom. The predicted octanol–water partition coefficient (Wildman–Crippen LogP) is 1.44. The first-order chi connectivity index (χ1) is 10.0. The standard InChI is InChI=1S/C14H14N2O5/c17-14(18)8-1-2-12(13(5-8)16(19)20)9-3-10-6-21-7-11(4-9)15-10/h1-3,5,10-11,15H,4,6-7H2,(H,17,18). The van der Waals surface area contributed by atoms with Crippen LogP contribution in [0.3, 0.4) is 0 Å². The third-order valence-electron chi connectivity index (χ3n) is 3.72. The molecule has 1 saturated heterocycles. The molecular weight excluding hydrogens is 276 g/mol. The van der Waals surface area contributed by atoms with Gasteiger partial charge in [-0.3, -0.25) is 10.1 Å². The Morgan fingerprint density at radius 1 is 1.43 bits per heavy atom. The summed E-state index contributed by atoms with van der Waals surface area (Å²) in [4.78, 5) is 21.7. The summed E-state index contributed by atoms with van der Waals surface area (Å²) in [5.74, 6) is -1.17. The number of nitro benzene ring substituents is 1. The summed E-state index contributed by atoms with van der Waals surface area (Å²) in [5.41, 5.74) is 1.12. The quantitative estimate of drug-likeness (QED) is 0.645. The molecule has 2 unspecified atom stereocenters. The summed E-state index contributed by atoms with van der Waals surface area (Å²) in [5, 5.41) is 23.6. The number of carboxylic acid groups (broad SMARTS) is 1. The number of nitrogens with one attached hydrogen (secondary N) is 1. The van der Waals surface area contributed by atoms with Crippen LogP contribution in [0.4, 0.5) is 5.69 Å². The second-order valence-corrected chi connectivity index (χ2v) is 5.20.